The molecule has 1 aromatic carbocycles. The van der Waals surface area contributed by atoms with Gasteiger partial charge in [-0.05, 0) is 38.7 Å². The number of hydrogen-bond acceptors (Lipinski definition) is 6. The molecule has 2 fully saturated rings. The largest absolute Gasteiger partial charge is 0.337 e. The summed E-state index contributed by atoms with van der Waals surface area (Å²) in [6.45, 7) is 2.23. The number of nitrogens with zero attached hydrogens (tertiary/aromatic N) is 4. The van der Waals surface area contributed by atoms with Gasteiger partial charge in [0.05, 0.1) is 4.92 Å². The standard InChI is InChI=1S/C17H18N4O4/c1-10-4-5-12(9-14(10)21(23)24)17(22)20-8-2-3-13(20)16-18-15(19-25-16)11-6-7-11/h4-5,9,11,13H,2-3,6-8H2,1H3. The maximum atomic E-state index is 12.9. The molecule has 1 unspecified atom stereocenters. The maximum Gasteiger partial charge on any atom is 0.273 e. The monoisotopic (exact) mass is 342 g/mol. The van der Waals surface area contributed by atoms with E-state index in [0.29, 0.717) is 29.5 Å². The third-order valence-corrected chi connectivity index (χ3v) is 4.85. The molecule has 1 aromatic heterocycles. The molecule has 2 heterocycles. The molecule has 2 aliphatic rings. The Kier molecular flexibility index (Phi) is 3.74. The normalized spacial score (nSPS) is 20.0. The first-order valence-corrected chi connectivity index (χ1v) is 8.44. The van der Waals surface area contributed by atoms with Gasteiger partial charge in [-0.15, -0.1) is 0 Å². The Balaban J connectivity index is 1.60. The highest BCUT2D eigenvalue weighted by Crippen LogP contribution is 2.40. The molecule has 0 spiro atoms. The third kappa shape index (κ3) is 2.88. The number of benzene rings is 1. The summed E-state index contributed by atoms with van der Waals surface area (Å²) in [6, 6.07) is 4.32. The van der Waals surface area contributed by atoms with Crippen molar-refractivity contribution in [1.29, 1.82) is 0 Å². The van der Waals surface area contributed by atoms with Gasteiger partial charge >= 0.3 is 0 Å². The number of nitro benzene ring substituents is 1. The minimum atomic E-state index is -0.465. The zero-order valence-corrected chi connectivity index (χ0v) is 13.8. The van der Waals surface area contributed by atoms with E-state index in [4.69, 9.17) is 4.52 Å². The number of rotatable bonds is 4. The zero-order valence-electron chi connectivity index (χ0n) is 13.8. The van der Waals surface area contributed by atoms with E-state index in [1.807, 2.05) is 0 Å². The topological polar surface area (TPSA) is 102 Å². The van der Waals surface area contributed by atoms with Gasteiger partial charge < -0.3 is 9.42 Å². The summed E-state index contributed by atoms with van der Waals surface area (Å²) in [5.74, 6) is 1.34. The fraction of sp³-hybridized carbons (Fsp3) is 0.471. The molecule has 1 aliphatic heterocycles. The summed E-state index contributed by atoms with van der Waals surface area (Å²) in [5.41, 5.74) is 0.798. The average Bonchev–Trinajstić information content (AvgIpc) is 3.13. The van der Waals surface area contributed by atoms with Crippen molar-refractivity contribution in [2.45, 2.75) is 44.6 Å². The molecular formula is C17H18N4O4. The van der Waals surface area contributed by atoms with E-state index in [1.54, 1.807) is 24.0 Å². The van der Waals surface area contributed by atoms with Crippen molar-refractivity contribution < 1.29 is 14.2 Å². The van der Waals surface area contributed by atoms with Crippen LogP contribution in [0.4, 0.5) is 5.69 Å². The van der Waals surface area contributed by atoms with Gasteiger partial charge in [-0.25, -0.2) is 0 Å². The van der Waals surface area contributed by atoms with E-state index in [2.05, 4.69) is 10.1 Å². The van der Waals surface area contributed by atoms with Gasteiger partial charge in [0.2, 0.25) is 5.89 Å². The first kappa shape index (κ1) is 15.7. The quantitative estimate of drug-likeness (QED) is 0.625. The van der Waals surface area contributed by atoms with Crippen LogP contribution in [0.1, 0.15) is 65.3 Å². The van der Waals surface area contributed by atoms with E-state index in [1.165, 1.54) is 6.07 Å². The van der Waals surface area contributed by atoms with Crippen molar-refractivity contribution in [3.63, 3.8) is 0 Å². The van der Waals surface area contributed by atoms with Gasteiger partial charge in [0.15, 0.2) is 5.82 Å². The van der Waals surface area contributed by atoms with Gasteiger partial charge in [0, 0.05) is 29.7 Å². The highest BCUT2D eigenvalue weighted by Gasteiger charge is 2.37. The highest BCUT2D eigenvalue weighted by atomic mass is 16.6. The second-order valence-corrected chi connectivity index (χ2v) is 6.68. The van der Waals surface area contributed by atoms with Crippen molar-refractivity contribution >= 4 is 11.6 Å². The predicted octanol–water partition coefficient (Wildman–Crippen LogP) is 3.14. The summed E-state index contributed by atoms with van der Waals surface area (Å²) in [7, 11) is 0. The van der Waals surface area contributed by atoms with Crippen molar-refractivity contribution in [1.82, 2.24) is 15.0 Å². The molecule has 130 valence electrons. The van der Waals surface area contributed by atoms with Crippen LogP contribution in [0, 0.1) is 17.0 Å². The van der Waals surface area contributed by atoms with E-state index in [9.17, 15) is 14.9 Å². The lowest BCUT2D eigenvalue weighted by atomic mass is 10.1. The Hall–Kier alpha value is -2.77. The number of carbonyl (C=O) groups is 1. The van der Waals surface area contributed by atoms with Crippen molar-refractivity contribution in [2.24, 2.45) is 0 Å². The molecule has 1 aliphatic carbocycles. The van der Waals surface area contributed by atoms with E-state index in [-0.39, 0.29) is 17.6 Å². The van der Waals surface area contributed by atoms with E-state index < -0.39 is 4.92 Å². The summed E-state index contributed by atoms with van der Waals surface area (Å²) < 4.78 is 5.38. The average molecular weight is 342 g/mol. The summed E-state index contributed by atoms with van der Waals surface area (Å²) in [5, 5.41) is 15.1. The van der Waals surface area contributed by atoms with Crippen LogP contribution >= 0.6 is 0 Å². The number of carbonyl (C=O) groups excluding carboxylic acids is 1. The Morgan fingerprint density at radius 1 is 1.36 bits per heavy atom. The Morgan fingerprint density at radius 2 is 2.16 bits per heavy atom. The smallest absolute Gasteiger partial charge is 0.273 e. The molecule has 2 aromatic rings. The third-order valence-electron chi connectivity index (χ3n) is 4.85. The van der Waals surface area contributed by atoms with Gasteiger partial charge in [-0.2, -0.15) is 4.98 Å². The SMILES string of the molecule is Cc1ccc(C(=O)N2CCCC2c2nc(C3CC3)no2)cc1[N+](=O)[O-]. The zero-order chi connectivity index (χ0) is 17.6. The van der Waals surface area contributed by atoms with Crippen molar-refractivity contribution in [2.75, 3.05) is 6.54 Å². The molecular weight excluding hydrogens is 324 g/mol. The molecule has 8 heteroatoms. The molecule has 0 bridgehead atoms. The lowest BCUT2D eigenvalue weighted by molar-refractivity contribution is -0.385. The van der Waals surface area contributed by atoms with Gasteiger partial charge in [-0.1, -0.05) is 11.2 Å². The van der Waals surface area contributed by atoms with Crippen molar-refractivity contribution in [3.8, 4) is 0 Å². The van der Waals surface area contributed by atoms with E-state index in [0.717, 1.165) is 31.5 Å². The van der Waals surface area contributed by atoms with Crippen LogP contribution < -0.4 is 0 Å². The van der Waals surface area contributed by atoms with Crippen molar-refractivity contribution in [3.05, 3.63) is 51.2 Å². The van der Waals surface area contributed by atoms with Crippen LogP contribution in [0.2, 0.25) is 0 Å². The predicted molar refractivity (Wildman–Crippen MR) is 87.1 cm³/mol. The van der Waals surface area contributed by atoms with Gasteiger partial charge in [0.1, 0.15) is 6.04 Å². The molecule has 1 saturated heterocycles. The molecule has 0 radical (unpaired) electrons. The van der Waals surface area contributed by atoms with E-state index >= 15 is 0 Å². The molecule has 1 amide bonds. The first-order chi connectivity index (χ1) is 12.0. The second-order valence-electron chi connectivity index (χ2n) is 6.68. The molecule has 8 nitrogen and oxygen atoms in total. The Morgan fingerprint density at radius 3 is 2.88 bits per heavy atom. The summed E-state index contributed by atoms with van der Waals surface area (Å²) in [4.78, 5) is 29.7. The number of amides is 1. The van der Waals surface area contributed by atoms with Crippen LogP contribution in [-0.2, 0) is 0 Å². The number of likely N-dealkylation sites (tertiary alicyclic amines) is 1. The van der Waals surface area contributed by atoms with Gasteiger partial charge in [-0.3, -0.25) is 14.9 Å². The first-order valence-electron chi connectivity index (χ1n) is 8.44. The lowest BCUT2D eigenvalue weighted by Crippen LogP contribution is -2.30. The Labute approximate surface area is 144 Å². The highest BCUT2D eigenvalue weighted by molar-refractivity contribution is 5.95. The fourth-order valence-electron chi connectivity index (χ4n) is 3.26. The Bertz CT molecular complexity index is 843. The van der Waals surface area contributed by atoms with Crippen LogP contribution in [0.5, 0.6) is 0 Å². The number of aryl methyl sites for hydroxylation is 1. The minimum Gasteiger partial charge on any atom is -0.337 e. The minimum absolute atomic E-state index is 0.0459. The van der Waals surface area contributed by atoms with Crippen LogP contribution in [0.3, 0.4) is 0 Å². The summed E-state index contributed by atoms with van der Waals surface area (Å²) >= 11 is 0. The molecule has 4 rings (SSSR count). The number of hydrogen-bond donors (Lipinski definition) is 0. The fourth-order valence-corrected chi connectivity index (χ4v) is 3.26. The van der Waals surface area contributed by atoms with Gasteiger partial charge in [0.25, 0.3) is 11.6 Å². The van der Waals surface area contributed by atoms with Crippen LogP contribution in [0.25, 0.3) is 0 Å². The summed E-state index contributed by atoms with van der Waals surface area (Å²) in [6.07, 6.45) is 3.76. The second kappa shape index (κ2) is 5.94. The molecule has 25 heavy (non-hydrogen) atoms. The van der Waals surface area contributed by atoms with Crippen LogP contribution in [-0.4, -0.2) is 32.4 Å². The molecule has 0 N–H and O–H groups in total. The molecule has 1 saturated carbocycles. The maximum absolute atomic E-state index is 12.9. The number of aromatic nitrogens is 2. The number of nitro groups is 1. The van der Waals surface area contributed by atoms with Crippen LogP contribution in [0.15, 0.2) is 22.7 Å². The lowest BCUT2D eigenvalue weighted by Gasteiger charge is -2.22. The molecule has 1 atom stereocenters.